The second kappa shape index (κ2) is 4.97. The quantitative estimate of drug-likeness (QED) is 0.440. The Morgan fingerprint density at radius 1 is 1.50 bits per heavy atom. The fourth-order valence-corrected chi connectivity index (χ4v) is 0.298. The molecule has 0 fully saturated rings. The molecular formula is C7H13NO2. The molecule has 0 aliphatic rings. The molecule has 0 unspecified atom stereocenters. The minimum atomic E-state index is -0.00680. The van der Waals surface area contributed by atoms with Gasteiger partial charge in [0.1, 0.15) is 0 Å². The summed E-state index contributed by atoms with van der Waals surface area (Å²) in [5, 5.41) is 3.68. The fraction of sp³-hybridized carbons (Fsp3) is 0.714. The summed E-state index contributed by atoms with van der Waals surface area (Å²) in [6.45, 7) is 5.39. The van der Waals surface area contributed by atoms with Crippen molar-refractivity contribution in [1.82, 2.24) is 0 Å². The highest BCUT2D eigenvalue weighted by atomic mass is 16.6. The molecule has 3 heteroatoms. The lowest BCUT2D eigenvalue weighted by Gasteiger charge is -1.95. The second-order valence-electron chi connectivity index (χ2n) is 2.16. The highest BCUT2D eigenvalue weighted by Crippen LogP contribution is 1.85. The molecule has 0 N–H and O–H groups in total. The van der Waals surface area contributed by atoms with Gasteiger partial charge in [0, 0.05) is 0 Å². The largest absolute Gasteiger partial charge is 0.388 e. The molecule has 0 aliphatic carbocycles. The standard InChI is InChI=1S/C7H13NO2/c1-4-6(2)8-10-5-7(3)9/h4-5H2,1-3H3/b8-6-. The molecule has 0 spiro atoms. The molecule has 0 radical (unpaired) electrons. The Morgan fingerprint density at radius 2 is 2.10 bits per heavy atom. The Morgan fingerprint density at radius 3 is 2.50 bits per heavy atom. The normalized spacial score (nSPS) is 11.3. The highest BCUT2D eigenvalue weighted by Gasteiger charge is 1.90. The number of oxime groups is 1. The number of rotatable bonds is 4. The SMILES string of the molecule is CC/C(C)=N\OCC(C)=O. The van der Waals surface area contributed by atoms with Crippen LogP contribution in [0.5, 0.6) is 0 Å². The van der Waals surface area contributed by atoms with Gasteiger partial charge in [0.15, 0.2) is 12.4 Å². The Labute approximate surface area is 61.1 Å². The molecule has 0 heterocycles. The first kappa shape index (κ1) is 9.14. The maximum absolute atomic E-state index is 10.3. The maximum atomic E-state index is 10.3. The predicted octanol–water partition coefficient (Wildman–Crippen LogP) is 1.38. The van der Waals surface area contributed by atoms with Crippen LogP contribution in [0, 0.1) is 0 Å². The summed E-state index contributed by atoms with van der Waals surface area (Å²) < 4.78 is 0. The maximum Gasteiger partial charge on any atom is 0.174 e. The van der Waals surface area contributed by atoms with E-state index < -0.39 is 0 Å². The van der Waals surface area contributed by atoms with Crippen LogP contribution in [0.25, 0.3) is 0 Å². The molecule has 58 valence electrons. The van der Waals surface area contributed by atoms with Gasteiger partial charge in [-0.1, -0.05) is 12.1 Å². The molecular weight excluding hydrogens is 130 g/mol. The summed E-state index contributed by atoms with van der Waals surface area (Å²) in [4.78, 5) is 15.0. The summed E-state index contributed by atoms with van der Waals surface area (Å²) in [6, 6.07) is 0. The Balaban J connectivity index is 3.43. The molecule has 0 aromatic heterocycles. The number of carbonyl (C=O) groups excluding carboxylic acids is 1. The zero-order valence-electron chi connectivity index (χ0n) is 6.68. The molecule has 0 amide bonds. The van der Waals surface area contributed by atoms with Gasteiger partial charge in [-0.15, -0.1) is 0 Å². The van der Waals surface area contributed by atoms with E-state index in [0.29, 0.717) is 0 Å². The number of nitrogens with zero attached hydrogens (tertiary/aromatic N) is 1. The molecule has 0 aromatic rings. The minimum absolute atomic E-state index is 0.00680. The topological polar surface area (TPSA) is 38.7 Å². The number of hydrogen-bond donors (Lipinski definition) is 0. The van der Waals surface area contributed by atoms with Crippen molar-refractivity contribution in [2.75, 3.05) is 6.61 Å². The van der Waals surface area contributed by atoms with Crippen LogP contribution < -0.4 is 0 Å². The van der Waals surface area contributed by atoms with Crippen molar-refractivity contribution in [3.63, 3.8) is 0 Å². The third-order valence-corrected chi connectivity index (χ3v) is 1.000. The van der Waals surface area contributed by atoms with Crippen LogP contribution in [0.1, 0.15) is 27.2 Å². The van der Waals surface area contributed by atoms with E-state index in [1.54, 1.807) is 0 Å². The van der Waals surface area contributed by atoms with E-state index in [0.717, 1.165) is 12.1 Å². The van der Waals surface area contributed by atoms with E-state index >= 15 is 0 Å². The van der Waals surface area contributed by atoms with Crippen LogP contribution in [0.15, 0.2) is 5.16 Å². The third-order valence-electron chi connectivity index (χ3n) is 1.000. The number of Topliss-reactive ketones (excluding diaryl/α,β-unsaturated/α-hetero) is 1. The molecule has 0 bridgehead atoms. The van der Waals surface area contributed by atoms with Crippen molar-refractivity contribution < 1.29 is 9.63 Å². The van der Waals surface area contributed by atoms with Gasteiger partial charge in [0.05, 0.1) is 5.71 Å². The van der Waals surface area contributed by atoms with Crippen LogP contribution in [-0.2, 0) is 9.63 Å². The van der Waals surface area contributed by atoms with Gasteiger partial charge in [-0.3, -0.25) is 4.79 Å². The summed E-state index contributed by atoms with van der Waals surface area (Å²) in [6.07, 6.45) is 0.859. The van der Waals surface area contributed by atoms with Crippen molar-refractivity contribution in [1.29, 1.82) is 0 Å². The van der Waals surface area contributed by atoms with E-state index in [4.69, 9.17) is 0 Å². The van der Waals surface area contributed by atoms with Crippen LogP contribution in [0.3, 0.4) is 0 Å². The number of carbonyl (C=O) groups is 1. The van der Waals surface area contributed by atoms with Crippen molar-refractivity contribution >= 4 is 11.5 Å². The first-order valence-electron chi connectivity index (χ1n) is 3.31. The fourth-order valence-electron chi connectivity index (χ4n) is 0.298. The first-order valence-corrected chi connectivity index (χ1v) is 3.31. The zero-order valence-corrected chi connectivity index (χ0v) is 6.68. The summed E-state index contributed by atoms with van der Waals surface area (Å²) in [5.41, 5.74) is 0.904. The van der Waals surface area contributed by atoms with Gasteiger partial charge in [-0.05, 0) is 20.3 Å². The first-order chi connectivity index (χ1) is 4.66. The van der Waals surface area contributed by atoms with Crippen molar-refractivity contribution in [2.45, 2.75) is 27.2 Å². The van der Waals surface area contributed by atoms with Crippen LogP contribution in [-0.4, -0.2) is 18.1 Å². The lowest BCUT2D eigenvalue weighted by molar-refractivity contribution is -0.121. The van der Waals surface area contributed by atoms with Gasteiger partial charge in [0.2, 0.25) is 0 Å². The zero-order chi connectivity index (χ0) is 7.98. The minimum Gasteiger partial charge on any atom is -0.388 e. The Kier molecular flexibility index (Phi) is 4.54. The molecule has 0 aromatic carbocycles. The molecule has 3 nitrogen and oxygen atoms in total. The van der Waals surface area contributed by atoms with Crippen molar-refractivity contribution in [2.24, 2.45) is 5.16 Å². The van der Waals surface area contributed by atoms with Crippen LogP contribution in [0.2, 0.25) is 0 Å². The average Bonchev–Trinajstić information content (AvgIpc) is 1.87. The van der Waals surface area contributed by atoms with Gasteiger partial charge >= 0.3 is 0 Å². The Hall–Kier alpha value is -0.860. The second-order valence-corrected chi connectivity index (χ2v) is 2.16. The van der Waals surface area contributed by atoms with Gasteiger partial charge in [-0.25, -0.2) is 0 Å². The average molecular weight is 143 g/mol. The molecule has 0 atom stereocenters. The van der Waals surface area contributed by atoms with E-state index in [1.165, 1.54) is 6.92 Å². The van der Waals surface area contributed by atoms with E-state index in [1.807, 2.05) is 13.8 Å². The lowest BCUT2D eigenvalue weighted by Crippen LogP contribution is -2.01. The van der Waals surface area contributed by atoms with E-state index in [-0.39, 0.29) is 12.4 Å². The summed E-state index contributed by atoms with van der Waals surface area (Å²) in [5.74, 6) is -0.00680. The Bertz CT molecular complexity index is 141. The van der Waals surface area contributed by atoms with E-state index in [2.05, 4.69) is 9.99 Å². The lowest BCUT2D eigenvalue weighted by atomic mass is 10.3. The molecule has 0 aliphatic heterocycles. The van der Waals surface area contributed by atoms with Gasteiger partial charge in [0.25, 0.3) is 0 Å². The predicted molar refractivity (Wildman–Crippen MR) is 40.0 cm³/mol. The van der Waals surface area contributed by atoms with Gasteiger partial charge in [-0.2, -0.15) is 0 Å². The molecule has 0 saturated heterocycles. The highest BCUT2D eigenvalue weighted by molar-refractivity contribution is 5.81. The number of ketones is 1. The number of hydrogen-bond acceptors (Lipinski definition) is 3. The summed E-state index contributed by atoms with van der Waals surface area (Å²) >= 11 is 0. The van der Waals surface area contributed by atoms with Crippen molar-refractivity contribution in [3.8, 4) is 0 Å². The molecule has 0 saturated carbocycles. The van der Waals surface area contributed by atoms with Crippen LogP contribution in [0.4, 0.5) is 0 Å². The monoisotopic (exact) mass is 143 g/mol. The van der Waals surface area contributed by atoms with Gasteiger partial charge < -0.3 is 4.84 Å². The molecule has 10 heavy (non-hydrogen) atoms. The smallest absolute Gasteiger partial charge is 0.174 e. The third kappa shape index (κ3) is 5.28. The van der Waals surface area contributed by atoms with E-state index in [9.17, 15) is 4.79 Å². The molecule has 0 rings (SSSR count). The van der Waals surface area contributed by atoms with Crippen molar-refractivity contribution in [3.05, 3.63) is 0 Å². The summed E-state index contributed by atoms with van der Waals surface area (Å²) in [7, 11) is 0. The van der Waals surface area contributed by atoms with Crippen LogP contribution >= 0.6 is 0 Å².